The summed E-state index contributed by atoms with van der Waals surface area (Å²) in [5.41, 5.74) is -6.35. The first-order valence-electron chi connectivity index (χ1n) is 16.9. The number of nitrogens with zero attached hydrogens (tertiary/aromatic N) is 7. The number of carboxylic acid groups (broad SMARTS) is 5. The minimum Gasteiger partial charge on any atom is -0.478 e. The molecule has 70 heavy (non-hydrogen) atoms. The van der Waals surface area contributed by atoms with Crippen molar-refractivity contribution in [2.75, 3.05) is 0 Å². The molecule has 366 valence electrons. The molecule has 5 N–H and O–H groups in total. The molecule has 5 aromatic carbocycles. The predicted octanol–water partition coefficient (Wildman–Crippen LogP) is 8.90. The quantitative estimate of drug-likeness (QED) is 0.0574. The van der Waals surface area contributed by atoms with E-state index < -0.39 is 120 Å². The summed E-state index contributed by atoms with van der Waals surface area (Å²) in [5, 5.41) is 115. The molecule has 0 aromatic heterocycles. The van der Waals surface area contributed by atoms with Crippen molar-refractivity contribution in [2.24, 2.45) is 0 Å². The van der Waals surface area contributed by atoms with Crippen LogP contribution in [0.15, 0.2) is 84.9 Å². The lowest BCUT2D eigenvalue weighted by Crippen LogP contribution is -2.03. The largest absolute Gasteiger partial charge is 0.478 e. The maximum atomic E-state index is 10.6. The zero-order chi connectivity index (χ0) is 54.1. The Morgan fingerprint density at radius 3 is 1.06 bits per heavy atom. The first-order valence-corrected chi connectivity index (χ1v) is 18.4. The van der Waals surface area contributed by atoms with E-state index in [0.29, 0.717) is 29.3 Å². The lowest BCUT2D eigenvalue weighted by molar-refractivity contribution is -0.394. The van der Waals surface area contributed by atoms with Crippen LogP contribution >= 0.6 is 46.4 Å². The number of hydrogen-bond donors (Lipinski definition) is 5. The molecule has 0 saturated carbocycles. The highest BCUT2D eigenvalue weighted by Crippen LogP contribution is 2.33. The molecule has 0 aliphatic carbocycles. The van der Waals surface area contributed by atoms with Crippen LogP contribution in [0.3, 0.4) is 0 Å². The highest BCUT2D eigenvalue weighted by Gasteiger charge is 2.26. The maximum Gasteiger partial charge on any atom is 0.342 e. The van der Waals surface area contributed by atoms with Gasteiger partial charge >= 0.3 is 29.8 Å². The van der Waals surface area contributed by atoms with Gasteiger partial charge in [0.15, 0.2) is 0 Å². The van der Waals surface area contributed by atoms with Crippen molar-refractivity contribution >= 4 is 116 Å². The van der Waals surface area contributed by atoms with Gasteiger partial charge in [-0.25, -0.2) is 24.0 Å². The Labute approximate surface area is 402 Å². The summed E-state index contributed by atoms with van der Waals surface area (Å²) in [5.74, 6) is -6.89. The second-order valence-corrected chi connectivity index (χ2v) is 13.5. The van der Waals surface area contributed by atoms with Gasteiger partial charge in [0.1, 0.15) is 10.6 Å². The average molecular weight is 1060 g/mol. The van der Waals surface area contributed by atoms with E-state index in [0.717, 1.165) is 36.4 Å². The van der Waals surface area contributed by atoms with Crippen molar-refractivity contribution in [3.05, 3.63) is 204 Å². The summed E-state index contributed by atoms with van der Waals surface area (Å²) >= 11 is 22.0. The molecule has 0 unspecified atom stereocenters. The summed E-state index contributed by atoms with van der Waals surface area (Å²) < 4.78 is 0. The van der Waals surface area contributed by atoms with Crippen molar-refractivity contribution in [1.29, 1.82) is 0 Å². The fraction of sp³-hybridized carbons (Fsp3) is 0. The molecule has 31 nitrogen and oxygen atoms in total. The monoisotopic (exact) mass is 1060 g/mol. The van der Waals surface area contributed by atoms with Crippen LogP contribution in [0.5, 0.6) is 0 Å². The highest BCUT2D eigenvalue weighted by atomic mass is 35.5. The number of carbonyl (C=O) groups is 5. The Bertz CT molecular complexity index is 2890. The number of rotatable bonds is 12. The van der Waals surface area contributed by atoms with Crippen LogP contribution in [-0.4, -0.2) is 89.8 Å². The summed E-state index contributed by atoms with van der Waals surface area (Å²) in [6.07, 6.45) is 0. The Morgan fingerprint density at radius 2 is 0.686 bits per heavy atom. The molecular weight excluding hydrogens is 1040 g/mol. The van der Waals surface area contributed by atoms with E-state index in [9.17, 15) is 94.8 Å². The molecule has 0 aliphatic rings. The smallest absolute Gasteiger partial charge is 0.342 e. The Kier molecular flexibility index (Phi) is 21.6. The van der Waals surface area contributed by atoms with E-state index in [1.54, 1.807) is 0 Å². The van der Waals surface area contributed by atoms with Crippen LogP contribution in [0.25, 0.3) is 0 Å². The molecule has 0 bridgehead atoms. The molecule has 5 rings (SSSR count). The van der Waals surface area contributed by atoms with Gasteiger partial charge in [0.05, 0.1) is 85.0 Å². The lowest BCUT2D eigenvalue weighted by atomic mass is 10.1. The van der Waals surface area contributed by atoms with E-state index in [1.807, 2.05) is 0 Å². The molecule has 0 spiro atoms. The Balaban J connectivity index is 0.000000440. The van der Waals surface area contributed by atoms with Gasteiger partial charge in [-0.2, -0.15) is 0 Å². The van der Waals surface area contributed by atoms with Gasteiger partial charge in [-0.3, -0.25) is 70.8 Å². The van der Waals surface area contributed by atoms with Crippen LogP contribution in [0.4, 0.5) is 39.8 Å². The van der Waals surface area contributed by atoms with Gasteiger partial charge in [-0.1, -0.05) is 46.4 Å². The Hall–Kier alpha value is -9.59. The van der Waals surface area contributed by atoms with Crippen LogP contribution in [-0.2, 0) is 0 Å². The van der Waals surface area contributed by atoms with Gasteiger partial charge in [0.25, 0.3) is 39.8 Å². The molecule has 0 fully saturated rings. The second kappa shape index (κ2) is 25.9. The number of halogens is 4. The topological polar surface area (TPSA) is 488 Å². The fourth-order valence-electron chi connectivity index (χ4n) is 4.34. The van der Waals surface area contributed by atoms with Gasteiger partial charge < -0.3 is 25.5 Å². The number of nitro benzene ring substituents is 7. The average Bonchev–Trinajstić information content (AvgIpc) is 3.27. The van der Waals surface area contributed by atoms with E-state index in [2.05, 4.69) is 0 Å². The molecule has 0 radical (unpaired) electrons. The van der Waals surface area contributed by atoms with E-state index >= 15 is 0 Å². The fourth-order valence-corrected chi connectivity index (χ4v) is 5.16. The SMILES string of the molecule is O=C(O)c1cc(Cl)ccc1Cl.O=C(O)c1cc([N+](=O)[O-])cc([N+](=O)[O-])c1.O=C(O)c1cc([N+](=O)[O-])cc([N+](=O)[O-])c1Cl.O=C(O)c1cc([N+](=O)[O-])ccc1Cl.O=C(O)c1ccc([N+](=O)[O-])cc1[N+](=O)[O-]. The summed E-state index contributed by atoms with van der Waals surface area (Å²) in [6.45, 7) is 0. The minimum absolute atomic E-state index is 0.0156. The number of benzene rings is 5. The third kappa shape index (κ3) is 17.3. The number of non-ortho nitro benzene ring substituents is 5. The standard InChI is InChI=1S/C7H4Cl2O2.C7H3ClN2O6.C7H4ClNO4.2C7H4N2O6/c8-4-1-2-6(9)5(3-4)7(10)11;8-6-4(7(11)12)1-3(9(13)14)2-5(6)10(15)16;8-6-2-1-4(9(12)13)3-5(6)7(10)11;10-7(11)4-1-5(8(12)13)3-6(2-4)9(14)15;10-7(11)5-2-1-4(8(12)13)3-6(5)9(14)15/h1-3H,(H,10,11);1-2H,(H,11,12);1-3H,(H,10,11);2*1-3H,(H,10,11). The number of carboxylic acids is 5. The molecule has 0 heterocycles. The zero-order valence-electron chi connectivity index (χ0n) is 33.2. The van der Waals surface area contributed by atoms with Crippen molar-refractivity contribution < 1.29 is 84.0 Å². The Morgan fingerprint density at radius 1 is 0.343 bits per heavy atom. The number of hydrogen-bond acceptors (Lipinski definition) is 19. The van der Waals surface area contributed by atoms with Crippen molar-refractivity contribution in [1.82, 2.24) is 0 Å². The minimum atomic E-state index is -1.57. The molecule has 0 saturated heterocycles. The third-order valence-corrected chi connectivity index (χ3v) is 8.71. The lowest BCUT2D eigenvalue weighted by Gasteiger charge is -2.00. The van der Waals surface area contributed by atoms with E-state index in [-0.39, 0.29) is 26.9 Å². The second-order valence-electron chi connectivity index (χ2n) is 11.9. The van der Waals surface area contributed by atoms with Crippen LogP contribution < -0.4 is 0 Å². The van der Waals surface area contributed by atoms with Crippen molar-refractivity contribution in [3.63, 3.8) is 0 Å². The molecule has 5 aromatic rings. The zero-order valence-corrected chi connectivity index (χ0v) is 36.2. The summed E-state index contributed by atoms with van der Waals surface area (Å²) in [4.78, 5) is 119. The van der Waals surface area contributed by atoms with E-state index in [4.69, 9.17) is 71.9 Å². The molecule has 0 aliphatic heterocycles. The van der Waals surface area contributed by atoms with Gasteiger partial charge in [0, 0.05) is 41.4 Å². The van der Waals surface area contributed by atoms with Gasteiger partial charge in [0.2, 0.25) is 0 Å². The number of aromatic carboxylic acids is 5. The van der Waals surface area contributed by atoms with Crippen LogP contribution in [0, 0.1) is 70.8 Å². The van der Waals surface area contributed by atoms with Crippen molar-refractivity contribution in [3.8, 4) is 0 Å². The summed E-state index contributed by atoms with van der Waals surface area (Å²) in [6, 6.07) is 13.4. The number of nitro groups is 7. The first kappa shape index (κ1) is 58.4. The maximum absolute atomic E-state index is 10.6. The predicted molar refractivity (Wildman–Crippen MR) is 234 cm³/mol. The molecular formula is C35H19Cl4N7O24. The summed E-state index contributed by atoms with van der Waals surface area (Å²) in [7, 11) is 0. The van der Waals surface area contributed by atoms with Gasteiger partial charge in [-0.05, 0) is 30.3 Å². The van der Waals surface area contributed by atoms with Crippen molar-refractivity contribution in [2.45, 2.75) is 0 Å². The third-order valence-electron chi connectivity index (χ3n) is 7.42. The highest BCUT2D eigenvalue weighted by molar-refractivity contribution is 6.36. The first-order chi connectivity index (χ1) is 32.3. The molecule has 35 heteroatoms. The van der Waals surface area contributed by atoms with Crippen LogP contribution in [0.2, 0.25) is 20.1 Å². The van der Waals surface area contributed by atoms with Crippen LogP contribution in [0.1, 0.15) is 51.8 Å². The molecule has 0 amide bonds. The van der Waals surface area contributed by atoms with Gasteiger partial charge in [-0.15, -0.1) is 0 Å². The normalized spacial score (nSPS) is 9.66. The molecule has 0 atom stereocenters. The van der Waals surface area contributed by atoms with E-state index in [1.165, 1.54) is 24.3 Å².